The molecule has 0 aliphatic carbocycles. The van der Waals surface area contributed by atoms with Crippen LogP contribution in [0.2, 0.25) is 0 Å². The van der Waals surface area contributed by atoms with Gasteiger partial charge in [0.15, 0.2) is 11.6 Å². The molecule has 0 aliphatic rings. The summed E-state index contributed by atoms with van der Waals surface area (Å²) in [5.74, 6) is -1.92. The van der Waals surface area contributed by atoms with Gasteiger partial charge in [-0.25, -0.2) is 21.2 Å². The van der Waals surface area contributed by atoms with Crippen LogP contribution in [0.15, 0.2) is 60.0 Å². The summed E-state index contributed by atoms with van der Waals surface area (Å²) >= 11 is 0. The van der Waals surface area contributed by atoms with Crippen LogP contribution in [0.4, 0.5) is 14.5 Å². The van der Waals surface area contributed by atoms with Gasteiger partial charge in [0.1, 0.15) is 5.69 Å². The SMILES string of the molecule is Cc1ccc(-c2cncc3c2ccn3S(=O)(=O)c2cc(F)c(N(C)C)c(F)c2)nc1. The summed E-state index contributed by atoms with van der Waals surface area (Å²) in [7, 11) is -1.31. The van der Waals surface area contributed by atoms with Gasteiger partial charge >= 0.3 is 0 Å². The van der Waals surface area contributed by atoms with Crippen LogP contribution in [0.3, 0.4) is 0 Å². The zero-order valence-electron chi connectivity index (χ0n) is 16.5. The van der Waals surface area contributed by atoms with Crippen LogP contribution < -0.4 is 4.90 Å². The molecule has 0 bridgehead atoms. The molecule has 9 heteroatoms. The highest BCUT2D eigenvalue weighted by atomic mass is 32.2. The maximum absolute atomic E-state index is 14.4. The van der Waals surface area contributed by atoms with Gasteiger partial charge in [0, 0.05) is 43.6 Å². The summed E-state index contributed by atoms with van der Waals surface area (Å²) in [6.45, 7) is 1.92. The Morgan fingerprint density at radius 1 is 1.00 bits per heavy atom. The van der Waals surface area contributed by atoms with Crippen LogP contribution in [0.5, 0.6) is 0 Å². The predicted octanol–water partition coefficient (Wildman–Crippen LogP) is 3.99. The second-order valence-electron chi connectivity index (χ2n) is 7.09. The molecule has 3 heterocycles. The fraction of sp³-hybridized carbons (Fsp3) is 0.143. The molecule has 0 spiro atoms. The van der Waals surface area contributed by atoms with Crippen molar-refractivity contribution in [2.45, 2.75) is 11.8 Å². The second kappa shape index (κ2) is 7.17. The standard InChI is InChI=1S/C21H18F2N4O2S/c1-13-4-5-19(25-10-13)16-11-24-12-20-15(16)6-7-27(20)30(28,29)14-8-17(22)21(26(2)3)18(23)9-14/h4-12H,1-3H3. The van der Waals surface area contributed by atoms with Crippen LogP contribution in [0.1, 0.15) is 5.56 Å². The van der Waals surface area contributed by atoms with Crippen molar-refractivity contribution in [2.24, 2.45) is 0 Å². The normalized spacial score (nSPS) is 11.8. The number of hydrogen-bond donors (Lipinski definition) is 0. The molecule has 0 fully saturated rings. The van der Waals surface area contributed by atoms with E-state index >= 15 is 0 Å². The zero-order chi connectivity index (χ0) is 21.6. The highest BCUT2D eigenvalue weighted by Crippen LogP contribution is 2.31. The van der Waals surface area contributed by atoms with E-state index in [-0.39, 0.29) is 11.2 Å². The molecule has 4 aromatic rings. The van der Waals surface area contributed by atoms with E-state index in [2.05, 4.69) is 9.97 Å². The van der Waals surface area contributed by atoms with E-state index in [1.807, 2.05) is 19.1 Å². The van der Waals surface area contributed by atoms with Crippen LogP contribution in [0, 0.1) is 18.6 Å². The number of anilines is 1. The highest BCUT2D eigenvalue weighted by Gasteiger charge is 2.24. The lowest BCUT2D eigenvalue weighted by Crippen LogP contribution is -2.16. The van der Waals surface area contributed by atoms with Crippen LogP contribution >= 0.6 is 0 Å². The molecule has 30 heavy (non-hydrogen) atoms. The lowest BCUT2D eigenvalue weighted by Gasteiger charge is -2.16. The van der Waals surface area contributed by atoms with E-state index in [1.54, 1.807) is 18.5 Å². The summed E-state index contributed by atoms with van der Waals surface area (Å²) in [4.78, 5) is 9.28. The first-order chi connectivity index (χ1) is 14.2. The zero-order valence-corrected chi connectivity index (χ0v) is 17.3. The minimum atomic E-state index is -4.26. The van der Waals surface area contributed by atoms with Crippen molar-refractivity contribution in [3.63, 3.8) is 0 Å². The molecule has 0 saturated carbocycles. The number of hydrogen-bond acceptors (Lipinski definition) is 5. The third-order valence-electron chi connectivity index (χ3n) is 4.76. The van der Waals surface area contributed by atoms with Gasteiger partial charge in [0.05, 0.1) is 22.3 Å². The molecule has 4 rings (SSSR count). The lowest BCUT2D eigenvalue weighted by atomic mass is 10.1. The molecule has 0 unspecified atom stereocenters. The summed E-state index contributed by atoms with van der Waals surface area (Å²) in [5.41, 5.74) is 2.26. The first-order valence-corrected chi connectivity index (χ1v) is 10.4. The Morgan fingerprint density at radius 2 is 1.70 bits per heavy atom. The van der Waals surface area contributed by atoms with Gasteiger partial charge in [0.2, 0.25) is 0 Å². The van der Waals surface area contributed by atoms with Crippen LogP contribution in [-0.4, -0.2) is 36.5 Å². The summed E-state index contributed by atoms with van der Waals surface area (Å²) in [6.07, 6.45) is 6.04. The Bertz CT molecular complexity index is 1340. The molecule has 0 saturated heterocycles. The monoisotopic (exact) mass is 428 g/mol. The Kier molecular flexibility index (Phi) is 4.77. The topological polar surface area (TPSA) is 68.1 Å². The van der Waals surface area contributed by atoms with Crippen LogP contribution in [-0.2, 0) is 10.0 Å². The number of halogens is 2. The average molecular weight is 428 g/mol. The predicted molar refractivity (Wildman–Crippen MR) is 111 cm³/mol. The molecule has 154 valence electrons. The Morgan fingerprint density at radius 3 is 2.30 bits per heavy atom. The van der Waals surface area contributed by atoms with E-state index in [9.17, 15) is 17.2 Å². The van der Waals surface area contributed by atoms with Crippen molar-refractivity contribution in [2.75, 3.05) is 19.0 Å². The van der Waals surface area contributed by atoms with Gasteiger partial charge in [-0.3, -0.25) is 9.97 Å². The fourth-order valence-electron chi connectivity index (χ4n) is 3.31. The fourth-order valence-corrected chi connectivity index (χ4v) is 4.66. The van der Waals surface area contributed by atoms with E-state index < -0.39 is 26.6 Å². The molecule has 0 N–H and O–H groups in total. The average Bonchev–Trinajstić information content (AvgIpc) is 3.13. The van der Waals surface area contributed by atoms with Crippen molar-refractivity contribution >= 4 is 26.6 Å². The molecule has 1 aromatic carbocycles. The maximum Gasteiger partial charge on any atom is 0.268 e. The van der Waals surface area contributed by atoms with Gasteiger partial charge in [-0.1, -0.05) is 6.07 Å². The van der Waals surface area contributed by atoms with E-state index in [4.69, 9.17) is 0 Å². The number of aromatic nitrogens is 3. The minimum Gasteiger partial charge on any atom is -0.373 e. The molecular formula is C21H18F2N4O2S. The number of nitrogens with zero attached hydrogens (tertiary/aromatic N) is 4. The molecule has 3 aromatic heterocycles. The molecular weight excluding hydrogens is 410 g/mol. The molecule has 0 atom stereocenters. The van der Waals surface area contributed by atoms with Crippen molar-refractivity contribution < 1.29 is 17.2 Å². The Balaban J connectivity index is 1.88. The number of fused-ring (bicyclic) bond motifs is 1. The second-order valence-corrected chi connectivity index (χ2v) is 8.90. The Hall–Kier alpha value is -3.33. The van der Waals surface area contributed by atoms with Crippen molar-refractivity contribution in [3.8, 4) is 11.3 Å². The van der Waals surface area contributed by atoms with E-state index in [1.165, 1.54) is 31.4 Å². The number of pyridine rings is 2. The molecule has 6 nitrogen and oxygen atoms in total. The number of benzene rings is 1. The molecule has 0 amide bonds. The van der Waals surface area contributed by atoms with E-state index in [0.29, 0.717) is 16.6 Å². The first kappa shape index (κ1) is 20.0. The van der Waals surface area contributed by atoms with Crippen molar-refractivity contribution in [1.29, 1.82) is 0 Å². The maximum atomic E-state index is 14.4. The number of aryl methyl sites for hydroxylation is 1. The minimum absolute atomic E-state index is 0.285. The third kappa shape index (κ3) is 3.21. The van der Waals surface area contributed by atoms with Gasteiger partial charge in [-0.05, 0) is 36.8 Å². The quantitative estimate of drug-likeness (QED) is 0.492. The first-order valence-electron chi connectivity index (χ1n) is 9.00. The largest absolute Gasteiger partial charge is 0.373 e. The highest BCUT2D eigenvalue weighted by molar-refractivity contribution is 7.90. The lowest BCUT2D eigenvalue weighted by molar-refractivity contribution is 0.564. The van der Waals surface area contributed by atoms with Crippen molar-refractivity contribution in [1.82, 2.24) is 13.9 Å². The smallest absolute Gasteiger partial charge is 0.268 e. The summed E-state index contributed by atoms with van der Waals surface area (Å²) < 4.78 is 56.1. The van der Waals surface area contributed by atoms with E-state index in [0.717, 1.165) is 21.7 Å². The summed E-state index contributed by atoms with van der Waals surface area (Å²) in [6, 6.07) is 6.97. The van der Waals surface area contributed by atoms with Gasteiger partial charge < -0.3 is 4.90 Å². The molecule has 0 aliphatic heterocycles. The number of rotatable bonds is 4. The molecule has 0 radical (unpaired) electrons. The summed E-state index contributed by atoms with van der Waals surface area (Å²) in [5, 5.41) is 0.607. The third-order valence-corrected chi connectivity index (χ3v) is 6.43. The van der Waals surface area contributed by atoms with Crippen LogP contribution in [0.25, 0.3) is 22.2 Å². The Labute approximate surface area is 172 Å². The van der Waals surface area contributed by atoms with Gasteiger partial charge in [-0.2, -0.15) is 0 Å². The van der Waals surface area contributed by atoms with Gasteiger partial charge in [0.25, 0.3) is 10.0 Å². The van der Waals surface area contributed by atoms with Crippen molar-refractivity contribution in [3.05, 3.63) is 72.3 Å². The van der Waals surface area contributed by atoms with Gasteiger partial charge in [-0.15, -0.1) is 0 Å².